The summed E-state index contributed by atoms with van der Waals surface area (Å²) in [6.07, 6.45) is 0.859. The van der Waals surface area contributed by atoms with Crippen LogP contribution < -0.4 is 15.4 Å². The van der Waals surface area contributed by atoms with Crippen LogP contribution in [-0.2, 0) is 4.79 Å². The summed E-state index contributed by atoms with van der Waals surface area (Å²) in [4.78, 5) is 23.7. The van der Waals surface area contributed by atoms with Crippen molar-refractivity contribution < 1.29 is 14.3 Å². The first-order chi connectivity index (χ1) is 9.49. The van der Waals surface area contributed by atoms with Crippen LogP contribution in [-0.4, -0.2) is 31.5 Å². The monoisotopic (exact) mass is 342 g/mol. The number of halogens is 1. The summed E-state index contributed by atoms with van der Waals surface area (Å²) in [7, 11) is 1.56. The first-order valence-corrected chi connectivity index (χ1v) is 7.21. The summed E-state index contributed by atoms with van der Waals surface area (Å²) in [5.74, 6) is 0.163. The van der Waals surface area contributed by atoms with Crippen molar-refractivity contribution in [2.45, 2.75) is 26.3 Å². The number of carbonyl (C=O) groups excluding carboxylic acids is 2. The fourth-order valence-corrected chi connectivity index (χ4v) is 2.10. The Morgan fingerprint density at radius 2 is 2.10 bits per heavy atom. The number of hydrogen-bond donors (Lipinski definition) is 2. The van der Waals surface area contributed by atoms with Gasteiger partial charge in [0, 0.05) is 12.1 Å². The van der Waals surface area contributed by atoms with Gasteiger partial charge >= 0.3 is 0 Å². The molecular weight excluding hydrogens is 324 g/mol. The number of rotatable bonds is 6. The standard InChI is InChI=1S/C14H19BrN2O3/c1-4-7-16-13(18)9(2)17-14(19)10-5-6-12(20-3)11(15)8-10/h5-6,8-9H,4,7H2,1-3H3,(H,16,18)(H,17,19)/t9-/m0/s1. The molecule has 0 spiro atoms. The molecule has 0 saturated heterocycles. The van der Waals surface area contributed by atoms with Crippen LogP contribution in [0, 0.1) is 0 Å². The molecule has 6 heteroatoms. The smallest absolute Gasteiger partial charge is 0.251 e. The van der Waals surface area contributed by atoms with Gasteiger partial charge in [-0.3, -0.25) is 9.59 Å². The van der Waals surface area contributed by atoms with E-state index >= 15 is 0 Å². The van der Waals surface area contributed by atoms with E-state index in [-0.39, 0.29) is 11.8 Å². The number of ether oxygens (including phenoxy) is 1. The maximum absolute atomic E-state index is 12.0. The van der Waals surface area contributed by atoms with Crippen LogP contribution >= 0.6 is 15.9 Å². The van der Waals surface area contributed by atoms with E-state index in [9.17, 15) is 9.59 Å². The molecule has 110 valence electrons. The molecule has 0 aliphatic heterocycles. The Morgan fingerprint density at radius 1 is 1.40 bits per heavy atom. The lowest BCUT2D eigenvalue weighted by molar-refractivity contribution is -0.122. The van der Waals surface area contributed by atoms with Crippen LogP contribution in [0.25, 0.3) is 0 Å². The Kier molecular flexibility index (Phi) is 6.51. The number of carbonyl (C=O) groups is 2. The van der Waals surface area contributed by atoms with Gasteiger partial charge < -0.3 is 15.4 Å². The second kappa shape index (κ2) is 7.89. The average molecular weight is 343 g/mol. The Hall–Kier alpha value is -1.56. The van der Waals surface area contributed by atoms with E-state index in [2.05, 4.69) is 26.6 Å². The highest BCUT2D eigenvalue weighted by molar-refractivity contribution is 9.10. The number of nitrogens with one attached hydrogen (secondary N) is 2. The maximum atomic E-state index is 12.0. The zero-order valence-corrected chi connectivity index (χ0v) is 13.4. The molecule has 20 heavy (non-hydrogen) atoms. The molecule has 0 unspecified atom stereocenters. The fourth-order valence-electron chi connectivity index (χ4n) is 1.55. The van der Waals surface area contributed by atoms with Crippen molar-refractivity contribution in [2.75, 3.05) is 13.7 Å². The summed E-state index contributed by atoms with van der Waals surface area (Å²) >= 11 is 3.32. The molecule has 1 aromatic rings. The normalized spacial score (nSPS) is 11.6. The van der Waals surface area contributed by atoms with Gasteiger partial charge in [-0.2, -0.15) is 0 Å². The van der Waals surface area contributed by atoms with Gasteiger partial charge in [-0.05, 0) is 47.5 Å². The molecular formula is C14H19BrN2O3. The molecule has 0 radical (unpaired) electrons. The molecule has 0 aliphatic carbocycles. The fraction of sp³-hybridized carbons (Fsp3) is 0.429. The van der Waals surface area contributed by atoms with Gasteiger partial charge in [0.15, 0.2) is 0 Å². The van der Waals surface area contributed by atoms with Crippen LogP contribution in [0.2, 0.25) is 0 Å². The number of methoxy groups -OCH3 is 1. The first kappa shape index (κ1) is 16.5. The minimum atomic E-state index is -0.574. The van der Waals surface area contributed by atoms with E-state index in [4.69, 9.17) is 4.74 Å². The second-order valence-corrected chi connectivity index (χ2v) is 5.19. The number of amides is 2. The third-order valence-corrected chi connectivity index (χ3v) is 3.32. The highest BCUT2D eigenvalue weighted by Crippen LogP contribution is 2.25. The molecule has 1 aromatic carbocycles. The lowest BCUT2D eigenvalue weighted by Gasteiger charge is -2.14. The average Bonchev–Trinajstić information content (AvgIpc) is 2.44. The number of benzene rings is 1. The van der Waals surface area contributed by atoms with E-state index < -0.39 is 6.04 Å². The molecule has 2 N–H and O–H groups in total. The van der Waals surface area contributed by atoms with E-state index in [0.29, 0.717) is 22.3 Å². The van der Waals surface area contributed by atoms with Crippen LogP contribution in [0.4, 0.5) is 0 Å². The summed E-state index contributed by atoms with van der Waals surface area (Å²) in [6, 6.07) is 4.43. The second-order valence-electron chi connectivity index (χ2n) is 4.34. The van der Waals surface area contributed by atoms with Crippen molar-refractivity contribution >= 4 is 27.7 Å². The van der Waals surface area contributed by atoms with Crippen LogP contribution in [0.1, 0.15) is 30.6 Å². The SMILES string of the molecule is CCCNC(=O)[C@H](C)NC(=O)c1ccc(OC)c(Br)c1. The van der Waals surface area contributed by atoms with Gasteiger partial charge in [0.1, 0.15) is 11.8 Å². The molecule has 1 atom stereocenters. The lowest BCUT2D eigenvalue weighted by atomic mass is 10.2. The molecule has 1 rings (SSSR count). The van der Waals surface area contributed by atoms with E-state index in [0.717, 1.165) is 6.42 Å². The summed E-state index contributed by atoms with van der Waals surface area (Å²) < 4.78 is 5.79. The van der Waals surface area contributed by atoms with Crippen LogP contribution in [0.15, 0.2) is 22.7 Å². The zero-order chi connectivity index (χ0) is 15.1. The Balaban J connectivity index is 2.66. The molecule has 5 nitrogen and oxygen atoms in total. The predicted molar refractivity (Wildman–Crippen MR) is 80.9 cm³/mol. The van der Waals surface area contributed by atoms with E-state index in [1.165, 1.54) is 0 Å². The summed E-state index contributed by atoms with van der Waals surface area (Å²) in [5.41, 5.74) is 0.466. The summed E-state index contributed by atoms with van der Waals surface area (Å²) in [5, 5.41) is 5.39. The Bertz CT molecular complexity index is 491. The van der Waals surface area contributed by atoms with Crippen molar-refractivity contribution in [2.24, 2.45) is 0 Å². The van der Waals surface area contributed by atoms with Gasteiger partial charge in [0.25, 0.3) is 5.91 Å². The van der Waals surface area contributed by atoms with Crippen molar-refractivity contribution in [3.63, 3.8) is 0 Å². The van der Waals surface area contributed by atoms with E-state index in [1.54, 1.807) is 32.2 Å². The molecule has 0 saturated carbocycles. The zero-order valence-electron chi connectivity index (χ0n) is 11.8. The van der Waals surface area contributed by atoms with Crippen molar-refractivity contribution in [1.82, 2.24) is 10.6 Å². The Morgan fingerprint density at radius 3 is 2.65 bits per heavy atom. The van der Waals surface area contributed by atoms with Crippen molar-refractivity contribution in [3.05, 3.63) is 28.2 Å². The van der Waals surface area contributed by atoms with Crippen LogP contribution in [0.3, 0.4) is 0 Å². The molecule has 0 aromatic heterocycles. The minimum absolute atomic E-state index is 0.187. The van der Waals surface area contributed by atoms with Crippen LogP contribution in [0.5, 0.6) is 5.75 Å². The van der Waals surface area contributed by atoms with Gasteiger partial charge in [-0.1, -0.05) is 6.92 Å². The Labute approximate surface area is 127 Å². The van der Waals surface area contributed by atoms with Gasteiger partial charge in [0.05, 0.1) is 11.6 Å². The molecule has 0 aliphatic rings. The quantitative estimate of drug-likeness (QED) is 0.831. The predicted octanol–water partition coefficient (Wildman–Crippen LogP) is 2.10. The van der Waals surface area contributed by atoms with Gasteiger partial charge in [-0.15, -0.1) is 0 Å². The maximum Gasteiger partial charge on any atom is 0.251 e. The summed E-state index contributed by atoms with van der Waals surface area (Å²) in [6.45, 7) is 4.23. The molecule has 0 fully saturated rings. The number of hydrogen-bond acceptors (Lipinski definition) is 3. The highest BCUT2D eigenvalue weighted by Gasteiger charge is 2.16. The van der Waals surface area contributed by atoms with Crippen molar-refractivity contribution in [1.29, 1.82) is 0 Å². The third kappa shape index (κ3) is 4.52. The largest absolute Gasteiger partial charge is 0.496 e. The molecule has 0 heterocycles. The van der Waals surface area contributed by atoms with Gasteiger partial charge in [-0.25, -0.2) is 0 Å². The molecule has 2 amide bonds. The topological polar surface area (TPSA) is 67.4 Å². The molecule has 0 bridgehead atoms. The highest BCUT2D eigenvalue weighted by atomic mass is 79.9. The lowest BCUT2D eigenvalue weighted by Crippen LogP contribution is -2.45. The van der Waals surface area contributed by atoms with E-state index in [1.807, 2.05) is 6.92 Å². The van der Waals surface area contributed by atoms with Gasteiger partial charge in [0.2, 0.25) is 5.91 Å². The minimum Gasteiger partial charge on any atom is -0.496 e. The third-order valence-electron chi connectivity index (χ3n) is 2.70. The first-order valence-electron chi connectivity index (χ1n) is 6.41. The van der Waals surface area contributed by atoms with Crippen molar-refractivity contribution in [3.8, 4) is 5.75 Å².